The van der Waals surface area contributed by atoms with Gasteiger partial charge in [-0.3, -0.25) is 4.79 Å². The van der Waals surface area contributed by atoms with Gasteiger partial charge in [-0.15, -0.1) is 0 Å². The topological polar surface area (TPSA) is 29.1 Å². The van der Waals surface area contributed by atoms with Crippen molar-refractivity contribution in [2.75, 3.05) is 6.54 Å². The second-order valence-corrected chi connectivity index (χ2v) is 1.94. The molecule has 0 aliphatic rings. The molecule has 0 heterocycles. The molecule has 0 aliphatic carbocycles. The van der Waals surface area contributed by atoms with Crippen molar-refractivity contribution >= 4 is 17.9 Å². The van der Waals surface area contributed by atoms with Gasteiger partial charge in [0, 0.05) is 6.54 Å². The molecule has 0 aromatic rings. The van der Waals surface area contributed by atoms with Crippen LogP contribution in [0.25, 0.3) is 0 Å². The molecule has 0 saturated heterocycles. The molecule has 1 radical (unpaired) electrons. The summed E-state index contributed by atoms with van der Waals surface area (Å²) in [5.41, 5.74) is 0. The Balaban J connectivity index is 2.82. The highest BCUT2D eigenvalue weighted by atomic mass is 32.1. The maximum absolute atomic E-state index is 10.0. The van der Waals surface area contributed by atoms with Crippen LogP contribution in [0.4, 0.5) is 4.79 Å². The van der Waals surface area contributed by atoms with Crippen LogP contribution in [-0.4, -0.2) is 11.8 Å². The summed E-state index contributed by atoms with van der Waals surface area (Å²) in [4.78, 5) is 10.0. The molecule has 2 nitrogen and oxygen atoms in total. The van der Waals surface area contributed by atoms with Gasteiger partial charge < -0.3 is 5.32 Å². The van der Waals surface area contributed by atoms with Gasteiger partial charge in [-0.1, -0.05) is 13.3 Å². The molecule has 0 fully saturated rings. The van der Waals surface area contributed by atoms with Crippen LogP contribution in [0.15, 0.2) is 0 Å². The smallest absolute Gasteiger partial charge is 0.310 e. The number of carbonyl (C=O) groups is 1. The largest absolute Gasteiger partial charge is 0.343 e. The predicted octanol–water partition coefficient (Wildman–Crippen LogP) is 1.69. The van der Waals surface area contributed by atoms with Crippen molar-refractivity contribution in [2.45, 2.75) is 19.8 Å². The molecular weight excluding hydrogens is 122 g/mol. The van der Waals surface area contributed by atoms with Crippen LogP contribution in [0.5, 0.6) is 0 Å². The quantitative estimate of drug-likeness (QED) is 0.582. The fourth-order valence-corrected chi connectivity index (χ4v) is 0.469. The van der Waals surface area contributed by atoms with E-state index in [0.29, 0.717) is 0 Å². The summed E-state index contributed by atoms with van der Waals surface area (Å²) in [7, 11) is 0. The first-order valence-electron chi connectivity index (χ1n) is 2.72. The Bertz CT molecular complexity index is 74.8. The SMILES string of the molecule is CCCCNC(=O)[S]. The molecule has 0 unspecified atom stereocenters. The minimum absolute atomic E-state index is 0.349. The lowest BCUT2D eigenvalue weighted by molar-refractivity contribution is 0.261. The number of unbranched alkanes of at least 4 members (excludes halogenated alkanes) is 1. The normalized spacial score (nSPS) is 8.62. The van der Waals surface area contributed by atoms with E-state index in [1.807, 2.05) is 0 Å². The van der Waals surface area contributed by atoms with Crippen molar-refractivity contribution in [1.82, 2.24) is 5.32 Å². The Morgan fingerprint density at radius 2 is 2.38 bits per heavy atom. The average molecular weight is 132 g/mol. The summed E-state index contributed by atoms with van der Waals surface area (Å²) in [6.45, 7) is 2.79. The maximum atomic E-state index is 10.0. The van der Waals surface area contributed by atoms with Crippen molar-refractivity contribution in [3.05, 3.63) is 0 Å². The summed E-state index contributed by atoms with van der Waals surface area (Å²) in [5.74, 6) is 0. The van der Waals surface area contributed by atoms with E-state index in [0.717, 1.165) is 19.4 Å². The highest BCUT2D eigenvalue weighted by Gasteiger charge is 1.88. The van der Waals surface area contributed by atoms with Crippen molar-refractivity contribution < 1.29 is 4.79 Å². The Kier molecular flexibility index (Phi) is 4.65. The molecular formula is C5H10NOS. The number of rotatable bonds is 3. The Morgan fingerprint density at radius 3 is 2.75 bits per heavy atom. The zero-order valence-electron chi connectivity index (χ0n) is 4.94. The number of hydrogen-bond donors (Lipinski definition) is 1. The number of amides is 1. The molecule has 0 aromatic carbocycles. The second-order valence-electron chi connectivity index (χ2n) is 1.57. The van der Waals surface area contributed by atoms with Crippen LogP contribution in [0.3, 0.4) is 0 Å². The Hall–Kier alpha value is -0.310. The third-order valence-corrected chi connectivity index (χ3v) is 0.944. The third kappa shape index (κ3) is 5.69. The molecule has 1 N–H and O–H groups in total. The van der Waals surface area contributed by atoms with Gasteiger partial charge in [0.2, 0.25) is 0 Å². The van der Waals surface area contributed by atoms with Crippen molar-refractivity contribution in [1.29, 1.82) is 0 Å². The standard InChI is InChI=1S/C5H10NOS/c1-2-3-4-6-5(7)8/h2-4H2,1H3,(H,6,7). The molecule has 0 bridgehead atoms. The minimum Gasteiger partial charge on any atom is -0.343 e. The van der Waals surface area contributed by atoms with E-state index in [1.165, 1.54) is 0 Å². The van der Waals surface area contributed by atoms with E-state index in [2.05, 4.69) is 24.9 Å². The van der Waals surface area contributed by atoms with Crippen molar-refractivity contribution in [2.24, 2.45) is 0 Å². The summed E-state index contributed by atoms with van der Waals surface area (Å²) < 4.78 is 0. The van der Waals surface area contributed by atoms with Gasteiger partial charge in [0.25, 0.3) is 0 Å². The van der Waals surface area contributed by atoms with Gasteiger partial charge in [-0.2, -0.15) is 0 Å². The summed E-state index contributed by atoms with van der Waals surface area (Å²) >= 11 is 4.24. The first-order chi connectivity index (χ1) is 3.77. The molecule has 0 aliphatic heterocycles. The zero-order valence-corrected chi connectivity index (χ0v) is 5.75. The third-order valence-electron chi connectivity index (χ3n) is 0.800. The van der Waals surface area contributed by atoms with Crippen LogP contribution in [0.2, 0.25) is 0 Å². The zero-order chi connectivity index (χ0) is 6.41. The molecule has 0 spiro atoms. The van der Waals surface area contributed by atoms with Gasteiger partial charge in [-0.05, 0) is 19.0 Å². The van der Waals surface area contributed by atoms with Gasteiger partial charge in [0.05, 0.1) is 0 Å². The monoisotopic (exact) mass is 132 g/mol. The van der Waals surface area contributed by atoms with E-state index < -0.39 is 0 Å². The molecule has 47 valence electrons. The van der Waals surface area contributed by atoms with E-state index in [4.69, 9.17) is 0 Å². The molecule has 0 atom stereocenters. The molecule has 0 saturated carbocycles. The number of hydrogen-bond acceptors (Lipinski definition) is 1. The first-order valence-corrected chi connectivity index (χ1v) is 3.13. The Labute approximate surface area is 55.1 Å². The van der Waals surface area contributed by atoms with E-state index in [9.17, 15) is 4.79 Å². The molecule has 3 heteroatoms. The lowest BCUT2D eigenvalue weighted by atomic mass is 10.3. The highest BCUT2D eigenvalue weighted by molar-refractivity contribution is 7.96. The molecule has 8 heavy (non-hydrogen) atoms. The van der Waals surface area contributed by atoms with Crippen LogP contribution in [-0.2, 0) is 0 Å². The lowest BCUT2D eigenvalue weighted by Crippen LogP contribution is -2.17. The lowest BCUT2D eigenvalue weighted by Gasteiger charge is -1.94. The van der Waals surface area contributed by atoms with Crippen molar-refractivity contribution in [3.8, 4) is 0 Å². The summed E-state index contributed by atoms with van der Waals surface area (Å²) in [6, 6.07) is 0. The number of nitrogens with one attached hydrogen (secondary N) is 1. The first kappa shape index (κ1) is 7.69. The van der Waals surface area contributed by atoms with Crippen LogP contribution in [0, 0.1) is 0 Å². The molecule has 0 aromatic heterocycles. The van der Waals surface area contributed by atoms with Crippen LogP contribution >= 0.6 is 12.6 Å². The van der Waals surface area contributed by atoms with Crippen LogP contribution in [0.1, 0.15) is 19.8 Å². The fourth-order valence-electron chi connectivity index (χ4n) is 0.367. The van der Waals surface area contributed by atoms with Crippen molar-refractivity contribution in [3.63, 3.8) is 0 Å². The van der Waals surface area contributed by atoms with Gasteiger partial charge >= 0.3 is 5.24 Å². The second kappa shape index (κ2) is 4.84. The molecule has 1 amide bonds. The molecule has 0 rings (SSSR count). The van der Waals surface area contributed by atoms with E-state index >= 15 is 0 Å². The summed E-state index contributed by atoms with van der Waals surface area (Å²) in [5, 5.41) is 2.17. The fraction of sp³-hybridized carbons (Fsp3) is 0.800. The predicted molar refractivity (Wildman–Crippen MR) is 35.9 cm³/mol. The average Bonchev–Trinajstić information content (AvgIpc) is 1.66. The Morgan fingerprint density at radius 1 is 1.75 bits per heavy atom. The minimum atomic E-state index is -0.349. The van der Waals surface area contributed by atoms with E-state index in [-0.39, 0.29) is 5.24 Å². The van der Waals surface area contributed by atoms with Crippen LogP contribution < -0.4 is 5.32 Å². The highest BCUT2D eigenvalue weighted by Crippen LogP contribution is 1.83. The van der Waals surface area contributed by atoms with Gasteiger partial charge in [0.1, 0.15) is 0 Å². The van der Waals surface area contributed by atoms with Gasteiger partial charge in [0.15, 0.2) is 0 Å². The summed E-state index contributed by atoms with van der Waals surface area (Å²) in [6.07, 6.45) is 2.11. The van der Waals surface area contributed by atoms with E-state index in [1.54, 1.807) is 0 Å². The van der Waals surface area contributed by atoms with Gasteiger partial charge in [-0.25, -0.2) is 0 Å². The maximum Gasteiger partial charge on any atom is 0.310 e. The number of carbonyl (C=O) groups excluding carboxylic acids is 1.